The highest BCUT2D eigenvalue weighted by atomic mass is 16.8. The zero-order chi connectivity index (χ0) is 15.5. The third kappa shape index (κ3) is 4.52. The number of carbonyl (C=O) groups excluding carboxylic acids is 4. The van der Waals surface area contributed by atoms with E-state index in [1.807, 2.05) is 0 Å². The highest BCUT2D eigenvalue weighted by Gasteiger charge is 2.35. The minimum absolute atomic E-state index is 0.00653. The van der Waals surface area contributed by atoms with Gasteiger partial charge in [0.1, 0.15) is 5.60 Å². The largest absolute Gasteiger partial charge is 0.509 e. The van der Waals surface area contributed by atoms with E-state index < -0.39 is 35.6 Å². The SMILES string of the molecule is C[C@H](OC(=O)OC(C)(C)C)C(=O)ON1C(=O)CCC1=O. The third-order valence-electron chi connectivity index (χ3n) is 2.18. The Hall–Kier alpha value is -2.12. The van der Waals surface area contributed by atoms with Crippen molar-refractivity contribution >= 4 is 23.9 Å². The van der Waals surface area contributed by atoms with E-state index in [9.17, 15) is 19.2 Å². The molecule has 0 saturated carbocycles. The van der Waals surface area contributed by atoms with E-state index in [4.69, 9.17) is 4.74 Å². The Kier molecular flexibility index (Phi) is 4.69. The number of hydroxylamine groups is 2. The molecule has 0 bridgehead atoms. The lowest BCUT2D eigenvalue weighted by atomic mass is 10.2. The third-order valence-corrected chi connectivity index (χ3v) is 2.18. The molecule has 2 amide bonds. The molecule has 0 aliphatic carbocycles. The summed E-state index contributed by atoms with van der Waals surface area (Å²) >= 11 is 0. The molecule has 0 aromatic heterocycles. The molecule has 0 radical (unpaired) electrons. The molecule has 0 N–H and O–H groups in total. The van der Waals surface area contributed by atoms with Crippen LogP contribution >= 0.6 is 0 Å². The van der Waals surface area contributed by atoms with Crippen molar-refractivity contribution in [2.45, 2.75) is 52.2 Å². The van der Waals surface area contributed by atoms with Crippen molar-refractivity contribution in [2.24, 2.45) is 0 Å². The van der Waals surface area contributed by atoms with Gasteiger partial charge in [0, 0.05) is 12.8 Å². The maximum Gasteiger partial charge on any atom is 0.509 e. The number of hydrogen-bond donors (Lipinski definition) is 0. The van der Waals surface area contributed by atoms with E-state index in [2.05, 4.69) is 9.57 Å². The van der Waals surface area contributed by atoms with Gasteiger partial charge in [-0.15, -0.1) is 5.06 Å². The summed E-state index contributed by atoms with van der Waals surface area (Å²) < 4.78 is 9.54. The molecule has 0 aromatic carbocycles. The molecule has 0 spiro atoms. The number of ether oxygens (including phenoxy) is 2. The van der Waals surface area contributed by atoms with E-state index in [0.29, 0.717) is 5.06 Å². The van der Waals surface area contributed by atoms with E-state index in [1.165, 1.54) is 6.92 Å². The molecule has 1 aliphatic heterocycles. The van der Waals surface area contributed by atoms with Gasteiger partial charge in [-0.2, -0.15) is 0 Å². The fourth-order valence-corrected chi connectivity index (χ4v) is 1.29. The summed E-state index contributed by atoms with van der Waals surface area (Å²) in [5.41, 5.74) is -0.762. The zero-order valence-corrected chi connectivity index (χ0v) is 11.8. The van der Waals surface area contributed by atoms with Crippen LogP contribution in [0.1, 0.15) is 40.5 Å². The predicted molar refractivity (Wildman–Crippen MR) is 64.0 cm³/mol. The molecule has 1 aliphatic rings. The first-order chi connectivity index (χ1) is 9.10. The summed E-state index contributed by atoms with van der Waals surface area (Å²) in [4.78, 5) is 50.0. The van der Waals surface area contributed by atoms with Crippen molar-refractivity contribution in [2.75, 3.05) is 0 Å². The van der Waals surface area contributed by atoms with E-state index in [-0.39, 0.29) is 12.8 Å². The molecular formula is C12H17NO7. The Morgan fingerprint density at radius 2 is 1.65 bits per heavy atom. The molecule has 1 atom stereocenters. The van der Waals surface area contributed by atoms with E-state index in [1.54, 1.807) is 20.8 Å². The number of amides is 2. The zero-order valence-electron chi connectivity index (χ0n) is 11.8. The molecule has 0 aromatic rings. The van der Waals surface area contributed by atoms with Gasteiger partial charge in [-0.3, -0.25) is 9.59 Å². The first-order valence-electron chi connectivity index (χ1n) is 6.07. The Bertz CT molecular complexity index is 422. The smallest absolute Gasteiger partial charge is 0.429 e. The first-order valence-corrected chi connectivity index (χ1v) is 6.07. The van der Waals surface area contributed by atoms with Gasteiger partial charge >= 0.3 is 12.1 Å². The molecule has 1 heterocycles. The summed E-state index contributed by atoms with van der Waals surface area (Å²) in [6, 6.07) is 0. The van der Waals surface area contributed by atoms with Crippen LogP contribution in [0.25, 0.3) is 0 Å². The Morgan fingerprint density at radius 1 is 1.15 bits per heavy atom. The summed E-state index contributed by atoms with van der Waals surface area (Å²) in [6.07, 6.45) is -2.35. The molecule has 1 fully saturated rings. The van der Waals surface area contributed by atoms with Crippen LogP contribution in [0.3, 0.4) is 0 Å². The van der Waals surface area contributed by atoms with Crippen LogP contribution in [0.4, 0.5) is 4.79 Å². The minimum atomic E-state index is -1.30. The van der Waals surface area contributed by atoms with Crippen molar-refractivity contribution in [3.63, 3.8) is 0 Å². The highest BCUT2D eigenvalue weighted by Crippen LogP contribution is 2.14. The average molecular weight is 287 g/mol. The van der Waals surface area contributed by atoms with Gasteiger partial charge in [0.2, 0.25) is 6.10 Å². The quantitative estimate of drug-likeness (QED) is 0.562. The van der Waals surface area contributed by atoms with Gasteiger partial charge in [0.15, 0.2) is 0 Å². The molecule has 8 heteroatoms. The number of hydrogen-bond acceptors (Lipinski definition) is 7. The highest BCUT2D eigenvalue weighted by molar-refractivity contribution is 6.01. The lowest BCUT2D eigenvalue weighted by Crippen LogP contribution is -2.38. The van der Waals surface area contributed by atoms with Crippen molar-refractivity contribution < 1.29 is 33.5 Å². The summed E-state index contributed by atoms with van der Waals surface area (Å²) in [6.45, 7) is 6.16. The molecule has 0 unspecified atom stereocenters. The predicted octanol–water partition coefficient (Wildman–Crippen LogP) is 0.934. The van der Waals surface area contributed by atoms with Gasteiger partial charge in [-0.1, -0.05) is 0 Å². The van der Waals surface area contributed by atoms with E-state index in [0.717, 1.165) is 0 Å². The van der Waals surface area contributed by atoms with Crippen molar-refractivity contribution in [1.82, 2.24) is 5.06 Å². The summed E-state index contributed by atoms with van der Waals surface area (Å²) in [7, 11) is 0. The van der Waals surface area contributed by atoms with Crippen molar-refractivity contribution in [1.29, 1.82) is 0 Å². The van der Waals surface area contributed by atoms with Gasteiger partial charge in [0.05, 0.1) is 0 Å². The monoisotopic (exact) mass is 287 g/mol. The number of carbonyl (C=O) groups is 4. The Balaban J connectivity index is 2.49. The number of nitrogens with zero attached hydrogens (tertiary/aromatic N) is 1. The fraction of sp³-hybridized carbons (Fsp3) is 0.667. The van der Waals surface area contributed by atoms with Crippen molar-refractivity contribution in [3.8, 4) is 0 Å². The second-order valence-corrected chi connectivity index (χ2v) is 5.22. The van der Waals surface area contributed by atoms with Crippen molar-refractivity contribution in [3.05, 3.63) is 0 Å². The maximum atomic E-state index is 11.6. The first kappa shape index (κ1) is 15.9. The standard InChI is InChI=1S/C12H17NO7/c1-7(18-11(17)19-12(2,3)4)10(16)20-13-8(14)5-6-9(13)15/h7H,5-6H2,1-4H3/t7-/m0/s1. The molecule has 1 saturated heterocycles. The number of imide groups is 1. The second kappa shape index (κ2) is 5.89. The molecule has 20 heavy (non-hydrogen) atoms. The van der Waals surface area contributed by atoms with Crippen LogP contribution in [0.5, 0.6) is 0 Å². The van der Waals surface area contributed by atoms with Gasteiger partial charge in [-0.25, -0.2) is 9.59 Å². The molecule has 112 valence electrons. The second-order valence-electron chi connectivity index (χ2n) is 5.22. The van der Waals surface area contributed by atoms with Crippen LogP contribution < -0.4 is 0 Å². The Labute approximate surface area is 115 Å². The maximum absolute atomic E-state index is 11.6. The van der Waals surface area contributed by atoms with Gasteiger partial charge < -0.3 is 14.3 Å². The van der Waals surface area contributed by atoms with Crippen LogP contribution in [0.15, 0.2) is 0 Å². The van der Waals surface area contributed by atoms with Gasteiger partial charge in [-0.05, 0) is 27.7 Å². The van der Waals surface area contributed by atoms with Crippen LogP contribution in [0.2, 0.25) is 0 Å². The topological polar surface area (TPSA) is 99.2 Å². The lowest BCUT2D eigenvalue weighted by Gasteiger charge is -2.21. The minimum Gasteiger partial charge on any atom is -0.429 e. The van der Waals surface area contributed by atoms with E-state index >= 15 is 0 Å². The summed E-state index contributed by atoms with van der Waals surface area (Å²) in [5, 5.41) is 0.386. The Morgan fingerprint density at radius 3 is 2.10 bits per heavy atom. The normalized spacial score (nSPS) is 16.9. The fourth-order valence-electron chi connectivity index (χ4n) is 1.29. The molecular weight excluding hydrogens is 270 g/mol. The van der Waals surface area contributed by atoms with Gasteiger partial charge in [0.25, 0.3) is 11.8 Å². The molecule has 1 rings (SSSR count). The average Bonchev–Trinajstić information content (AvgIpc) is 2.57. The van der Waals surface area contributed by atoms with Crippen LogP contribution in [-0.2, 0) is 28.7 Å². The molecule has 8 nitrogen and oxygen atoms in total. The van der Waals surface area contributed by atoms with Crippen LogP contribution in [-0.4, -0.2) is 40.7 Å². The number of rotatable bonds is 3. The van der Waals surface area contributed by atoms with Crippen LogP contribution in [0, 0.1) is 0 Å². The lowest BCUT2D eigenvalue weighted by molar-refractivity contribution is -0.203. The summed E-state index contributed by atoms with van der Waals surface area (Å²) in [5.74, 6) is -2.24.